The monoisotopic (exact) mass is 256 g/mol. The van der Waals surface area contributed by atoms with Crippen LogP contribution < -0.4 is 5.32 Å². The van der Waals surface area contributed by atoms with Crippen LogP contribution in [0.2, 0.25) is 0 Å². The van der Waals surface area contributed by atoms with E-state index in [-0.39, 0.29) is 5.91 Å². The molecular formula is C11H21N4OP. The molecule has 0 spiro atoms. The number of nitrogens with zero attached hydrogens (tertiary/aromatic N) is 3. The molecule has 17 heavy (non-hydrogen) atoms. The third-order valence-electron chi connectivity index (χ3n) is 2.35. The number of nitrogens with one attached hydrogen (secondary N) is 1. The Hall–Kier alpha value is -0.960. The van der Waals surface area contributed by atoms with Crippen molar-refractivity contribution >= 4 is 15.1 Å². The van der Waals surface area contributed by atoms with Crippen molar-refractivity contribution in [3.05, 3.63) is 11.9 Å². The molecule has 0 aliphatic carbocycles. The van der Waals surface area contributed by atoms with Crippen LogP contribution >= 0.6 is 9.24 Å². The van der Waals surface area contributed by atoms with Crippen LogP contribution in [0.25, 0.3) is 0 Å². The number of hydrogen-bond donors (Lipinski definition) is 1. The van der Waals surface area contributed by atoms with Crippen molar-refractivity contribution in [2.24, 2.45) is 0 Å². The van der Waals surface area contributed by atoms with E-state index in [0.717, 1.165) is 37.7 Å². The Morgan fingerprint density at radius 1 is 1.59 bits per heavy atom. The van der Waals surface area contributed by atoms with Gasteiger partial charge in [-0.2, -0.15) is 0 Å². The van der Waals surface area contributed by atoms with Crippen molar-refractivity contribution < 1.29 is 4.79 Å². The highest BCUT2D eigenvalue weighted by Crippen LogP contribution is 1.98. The average Bonchev–Trinajstić information content (AvgIpc) is 2.73. The molecule has 1 rings (SSSR count). The van der Waals surface area contributed by atoms with Crippen molar-refractivity contribution in [3.63, 3.8) is 0 Å². The summed E-state index contributed by atoms with van der Waals surface area (Å²) >= 11 is 0. The molecule has 5 nitrogen and oxygen atoms in total. The van der Waals surface area contributed by atoms with E-state index in [4.69, 9.17) is 0 Å². The second-order valence-electron chi connectivity index (χ2n) is 3.97. The molecule has 1 aromatic heterocycles. The Morgan fingerprint density at radius 3 is 3.12 bits per heavy atom. The zero-order valence-electron chi connectivity index (χ0n) is 10.4. The maximum Gasteiger partial charge on any atom is 0.219 e. The summed E-state index contributed by atoms with van der Waals surface area (Å²) in [5.41, 5.74) is 1.02. The molecule has 0 radical (unpaired) electrons. The van der Waals surface area contributed by atoms with Gasteiger partial charge in [0, 0.05) is 25.7 Å². The topological polar surface area (TPSA) is 59.8 Å². The lowest BCUT2D eigenvalue weighted by atomic mass is 10.3. The normalized spacial score (nSPS) is 10.5. The van der Waals surface area contributed by atoms with Crippen LogP contribution in [-0.2, 0) is 17.8 Å². The Kier molecular flexibility index (Phi) is 6.78. The van der Waals surface area contributed by atoms with Crippen LogP contribution in [-0.4, -0.2) is 33.6 Å². The van der Waals surface area contributed by atoms with Gasteiger partial charge in [-0.05, 0) is 25.4 Å². The quantitative estimate of drug-likeness (QED) is 0.557. The summed E-state index contributed by atoms with van der Waals surface area (Å²) in [4.78, 5) is 11.2. The van der Waals surface area contributed by atoms with Crippen LogP contribution in [0.1, 0.15) is 31.9 Å². The first-order valence-electron chi connectivity index (χ1n) is 6.12. The molecule has 1 amide bonds. The number of hydrogen-bond acceptors (Lipinski definition) is 3. The lowest BCUT2D eigenvalue weighted by Gasteiger charge is -2.03. The highest BCUT2D eigenvalue weighted by Gasteiger charge is 2.00. The van der Waals surface area contributed by atoms with Crippen LogP contribution in [0, 0.1) is 0 Å². The molecule has 0 fully saturated rings. The molecular weight excluding hydrogens is 235 g/mol. The van der Waals surface area contributed by atoms with Gasteiger partial charge in [0.05, 0.1) is 5.69 Å². The maximum atomic E-state index is 11.2. The summed E-state index contributed by atoms with van der Waals surface area (Å²) in [6.45, 7) is 3.51. The van der Waals surface area contributed by atoms with Gasteiger partial charge in [0.25, 0.3) is 0 Å². The van der Waals surface area contributed by atoms with E-state index in [2.05, 4.69) is 24.9 Å². The second-order valence-corrected chi connectivity index (χ2v) is 4.54. The van der Waals surface area contributed by atoms with Gasteiger partial charge in [-0.25, -0.2) is 0 Å². The molecule has 1 heterocycles. The predicted octanol–water partition coefficient (Wildman–Crippen LogP) is 1.00. The third-order valence-corrected chi connectivity index (χ3v) is 2.64. The fraction of sp³-hybridized carbons (Fsp3) is 0.727. The largest absolute Gasteiger partial charge is 0.356 e. The molecule has 6 heteroatoms. The minimum absolute atomic E-state index is 0.134. The second kappa shape index (κ2) is 8.18. The van der Waals surface area contributed by atoms with E-state index in [1.54, 1.807) is 0 Å². The minimum Gasteiger partial charge on any atom is -0.356 e. The number of aryl methyl sites for hydroxylation is 2. The van der Waals surface area contributed by atoms with Gasteiger partial charge in [-0.3, -0.25) is 9.48 Å². The molecule has 0 aromatic carbocycles. The van der Waals surface area contributed by atoms with Crippen molar-refractivity contribution in [2.75, 3.05) is 12.7 Å². The van der Waals surface area contributed by atoms with E-state index in [0.29, 0.717) is 13.0 Å². The zero-order chi connectivity index (χ0) is 12.5. The molecule has 1 atom stereocenters. The van der Waals surface area contributed by atoms with Crippen molar-refractivity contribution in [1.82, 2.24) is 20.3 Å². The lowest BCUT2D eigenvalue weighted by molar-refractivity contribution is -0.121. The summed E-state index contributed by atoms with van der Waals surface area (Å²) in [5.74, 6) is 0.134. The minimum atomic E-state index is 0.134. The summed E-state index contributed by atoms with van der Waals surface area (Å²) < 4.78 is 1.83. The van der Waals surface area contributed by atoms with E-state index < -0.39 is 0 Å². The maximum absolute atomic E-state index is 11.2. The fourth-order valence-corrected chi connectivity index (χ4v) is 1.79. The van der Waals surface area contributed by atoms with Gasteiger partial charge in [0.15, 0.2) is 0 Å². The highest BCUT2D eigenvalue weighted by molar-refractivity contribution is 7.16. The highest BCUT2D eigenvalue weighted by atomic mass is 31.0. The van der Waals surface area contributed by atoms with E-state index in [1.807, 2.05) is 17.8 Å². The van der Waals surface area contributed by atoms with Crippen LogP contribution in [0.4, 0.5) is 0 Å². The Bertz CT molecular complexity index is 340. The molecule has 0 saturated heterocycles. The van der Waals surface area contributed by atoms with Crippen LogP contribution in [0.3, 0.4) is 0 Å². The summed E-state index contributed by atoms with van der Waals surface area (Å²) in [5, 5.41) is 11.0. The molecule has 96 valence electrons. The smallest absolute Gasteiger partial charge is 0.219 e. The number of rotatable bonds is 8. The SMILES string of the molecule is CCCC(=O)NCCCn1cc(CCP)nn1. The van der Waals surface area contributed by atoms with Crippen molar-refractivity contribution in [2.45, 2.75) is 39.2 Å². The van der Waals surface area contributed by atoms with Gasteiger partial charge < -0.3 is 5.32 Å². The summed E-state index contributed by atoms with van der Waals surface area (Å²) in [6.07, 6.45) is 6.32. The molecule has 0 aliphatic heterocycles. The van der Waals surface area contributed by atoms with Gasteiger partial charge >= 0.3 is 0 Å². The summed E-state index contributed by atoms with van der Waals surface area (Å²) in [6, 6.07) is 0. The number of amides is 1. The number of carbonyl (C=O) groups excluding carboxylic acids is 1. The van der Waals surface area contributed by atoms with Gasteiger partial charge in [0.2, 0.25) is 5.91 Å². The average molecular weight is 256 g/mol. The standard InChI is InChI=1S/C11H21N4OP/c1-2-4-11(16)12-6-3-7-15-9-10(5-8-17)13-14-15/h9H,2-8,17H2,1H3,(H,12,16). The summed E-state index contributed by atoms with van der Waals surface area (Å²) in [7, 11) is 2.68. The van der Waals surface area contributed by atoms with Crippen LogP contribution in [0.15, 0.2) is 6.20 Å². The third kappa shape index (κ3) is 5.78. The van der Waals surface area contributed by atoms with Gasteiger partial charge in [0.1, 0.15) is 0 Å². The molecule has 0 aliphatic rings. The van der Waals surface area contributed by atoms with E-state index >= 15 is 0 Å². The van der Waals surface area contributed by atoms with Crippen molar-refractivity contribution in [3.8, 4) is 0 Å². The first-order valence-corrected chi connectivity index (χ1v) is 6.93. The molecule has 1 unspecified atom stereocenters. The van der Waals surface area contributed by atoms with Gasteiger partial charge in [-0.1, -0.05) is 12.1 Å². The predicted molar refractivity (Wildman–Crippen MR) is 70.8 cm³/mol. The molecule has 0 bridgehead atoms. The van der Waals surface area contributed by atoms with E-state index in [1.165, 1.54) is 0 Å². The van der Waals surface area contributed by atoms with Gasteiger partial charge in [-0.15, -0.1) is 14.3 Å². The number of carbonyl (C=O) groups is 1. The lowest BCUT2D eigenvalue weighted by Crippen LogP contribution is -2.24. The molecule has 0 saturated carbocycles. The fourth-order valence-electron chi connectivity index (χ4n) is 1.49. The van der Waals surface area contributed by atoms with Crippen LogP contribution in [0.5, 0.6) is 0 Å². The Morgan fingerprint density at radius 2 is 2.41 bits per heavy atom. The van der Waals surface area contributed by atoms with E-state index in [9.17, 15) is 4.79 Å². The Balaban J connectivity index is 2.15. The molecule has 1 aromatic rings. The first-order chi connectivity index (χ1) is 8.26. The van der Waals surface area contributed by atoms with Crippen molar-refractivity contribution in [1.29, 1.82) is 0 Å². The Labute approximate surface area is 105 Å². The first kappa shape index (κ1) is 14.1. The molecule has 1 N–H and O–H groups in total. The number of aromatic nitrogens is 3. The zero-order valence-corrected chi connectivity index (χ0v) is 11.5.